The van der Waals surface area contributed by atoms with E-state index < -0.39 is 24.4 Å². The predicted molar refractivity (Wildman–Crippen MR) is 134 cm³/mol. The molecule has 2 amide bonds. The largest absolute Gasteiger partial charge is 0.364 e. The Bertz CT molecular complexity index is 1250. The number of carbonyl (C=O) groups is 2. The van der Waals surface area contributed by atoms with Crippen molar-refractivity contribution in [3.05, 3.63) is 88.2 Å². The van der Waals surface area contributed by atoms with E-state index >= 15 is 0 Å². The highest BCUT2D eigenvalue weighted by Crippen LogP contribution is 2.34. The van der Waals surface area contributed by atoms with Crippen LogP contribution in [0, 0.1) is 13.8 Å². The molecule has 0 saturated carbocycles. The van der Waals surface area contributed by atoms with Crippen molar-refractivity contribution in [2.45, 2.75) is 46.3 Å². The highest BCUT2D eigenvalue weighted by Gasteiger charge is 2.43. The number of aryl methyl sites for hydroxylation is 1. The first-order valence-corrected chi connectivity index (χ1v) is 11.5. The van der Waals surface area contributed by atoms with E-state index in [0.717, 1.165) is 17.0 Å². The van der Waals surface area contributed by atoms with Gasteiger partial charge >= 0.3 is 0 Å². The van der Waals surface area contributed by atoms with Gasteiger partial charge in [-0.25, -0.2) is 10.0 Å². The molecule has 2 heterocycles. The Kier molecular flexibility index (Phi) is 6.83. The number of hydrazine groups is 1. The summed E-state index contributed by atoms with van der Waals surface area (Å²) < 4.78 is 2.13. The van der Waals surface area contributed by atoms with E-state index in [9.17, 15) is 30.0 Å². The zero-order valence-corrected chi connectivity index (χ0v) is 20.5. The predicted octanol–water partition coefficient (Wildman–Crippen LogP) is 3.03. The maximum atomic E-state index is 13.6. The molecule has 1 aliphatic heterocycles. The second kappa shape index (κ2) is 9.71. The third kappa shape index (κ3) is 4.45. The molecule has 1 aromatic heterocycles. The number of hydrogen-bond acceptors (Lipinski definition) is 6. The number of aromatic nitrogens is 1. The van der Waals surface area contributed by atoms with Gasteiger partial charge in [-0.1, -0.05) is 24.3 Å². The minimum Gasteiger partial charge on any atom is -0.364 e. The van der Waals surface area contributed by atoms with E-state index in [2.05, 4.69) is 18.4 Å². The van der Waals surface area contributed by atoms with Crippen molar-refractivity contribution in [1.82, 2.24) is 4.57 Å². The molecule has 2 aromatic carbocycles. The van der Waals surface area contributed by atoms with Gasteiger partial charge < -0.3 is 25.0 Å². The average Bonchev–Trinajstić information content (AvgIpc) is 3.25. The second-order valence-electron chi connectivity index (χ2n) is 9.01. The van der Waals surface area contributed by atoms with E-state index in [1.165, 1.54) is 58.5 Å². The van der Waals surface area contributed by atoms with E-state index in [4.69, 9.17) is 0 Å². The van der Waals surface area contributed by atoms with Gasteiger partial charge in [0.25, 0.3) is 11.8 Å². The number of aliphatic hydroxyl groups is 4. The van der Waals surface area contributed by atoms with E-state index in [-0.39, 0.29) is 22.7 Å². The Morgan fingerprint density at radius 2 is 1.14 bits per heavy atom. The SMILES string of the molecule is Cc1cc(C=C2C(=O)N(c3ccc(C(O)O)cc3)N(c3ccc(C(O)O)cc3)C2=O)c(C)n1C(C)C. The maximum Gasteiger partial charge on any atom is 0.283 e. The Morgan fingerprint density at radius 1 is 0.722 bits per heavy atom. The van der Waals surface area contributed by atoms with Gasteiger partial charge in [-0.05, 0) is 69.7 Å². The van der Waals surface area contributed by atoms with Crippen LogP contribution in [0.15, 0.2) is 60.2 Å². The summed E-state index contributed by atoms with van der Waals surface area (Å²) in [4.78, 5) is 27.3. The van der Waals surface area contributed by atoms with Crippen molar-refractivity contribution in [2.24, 2.45) is 0 Å². The molecule has 0 aliphatic carbocycles. The molecule has 1 saturated heterocycles. The normalized spacial score (nSPS) is 14.2. The summed E-state index contributed by atoms with van der Waals surface area (Å²) in [6.45, 7) is 8.04. The molecule has 3 aromatic rings. The number of benzene rings is 2. The fraction of sp³-hybridized carbons (Fsp3) is 0.259. The Balaban J connectivity index is 1.83. The summed E-state index contributed by atoms with van der Waals surface area (Å²) in [5.41, 5.74) is 3.84. The van der Waals surface area contributed by atoms with Crippen molar-refractivity contribution in [1.29, 1.82) is 0 Å². The molecule has 0 radical (unpaired) electrons. The Morgan fingerprint density at radius 3 is 1.47 bits per heavy atom. The molecule has 1 fully saturated rings. The molecule has 4 rings (SSSR count). The van der Waals surface area contributed by atoms with Crippen LogP contribution in [-0.4, -0.2) is 36.8 Å². The van der Waals surface area contributed by atoms with Crippen LogP contribution in [0.1, 0.15) is 60.5 Å². The van der Waals surface area contributed by atoms with Gasteiger partial charge in [0, 0.05) is 28.6 Å². The van der Waals surface area contributed by atoms with Crippen molar-refractivity contribution in [2.75, 3.05) is 10.0 Å². The van der Waals surface area contributed by atoms with Gasteiger partial charge in [0.2, 0.25) is 0 Å². The van der Waals surface area contributed by atoms with Crippen LogP contribution < -0.4 is 10.0 Å². The van der Waals surface area contributed by atoms with Crippen LogP contribution in [-0.2, 0) is 9.59 Å². The zero-order valence-electron chi connectivity index (χ0n) is 20.5. The summed E-state index contributed by atoms with van der Waals surface area (Å²) in [6, 6.07) is 14.1. The van der Waals surface area contributed by atoms with Gasteiger partial charge in [0.1, 0.15) is 5.57 Å². The zero-order chi connectivity index (χ0) is 26.3. The highest BCUT2D eigenvalue weighted by atomic mass is 16.5. The minimum atomic E-state index is -1.67. The number of rotatable bonds is 6. The first kappa shape index (κ1) is 25.3. The van der Waals surface area contributed by atoms with Gasteiger partial charge in [-0.3, -0.25) is 9.59 Å². The smallest absolute Gasteiger partial charge is 0.283 e. The summed E-state index contributed by atoms with van der Waals surface area (Å²) in [5, 5.41) is 40.1. The van der Waals surface area contributed by atoms with E-state index in [1.54, 1.807) is 6.08 Å². The van der Waals surface area contributed by atoms with Crippen molar-refractivity contribution >= 4 is 29.3 Å². The molecule has 0 bridgehead atoms. The average molecular weight is 492 g/mol. The lowest BCUT2D eigenvalue weighted by molar-refractivity contribution is -0.116. The van der Waals surface area contributed by atoms with Crippen LogP contribution in [0.3, 0.4) is 0 Å². The third-order valence-corrected chi connectivity index (χ3v) is 6.26. The van der Waals surface area contributed by atoms with Crippen LogP contribution in [0.25, 0.3) is 6.08 Å². The molecular formula is C27H29N3O6. The number of hydrogen-bond donors (Lipinski definition) is 4. The first-order chi connectivity index (χ1) is 17.0. The molecule has 0 unspecified atom stereocenters. The monoisotopic (exact) mass is 491 g/mol. The van der Waals surface area contributed by atoms with Crippen LogP contribution in [0.4, 0.5) is 11.4 Å². The molecule has 0 spiro atoms. The number of aliphatic hydroxyl groups excluding tert-OH is 2. The molecule has 4 N–H and O–H groups in total. The standard InChI is InChI=1S/C27H29N3O6/c1-15(2)28-16(3)13-20(17(28)4)14-23-24(31)29(21-9-5-18(6-10-21)26(33)34)30(25(23)32)22-11-7-19(8-12-22)27(35)36/h5-15,26-27,33-36H,1-4H3. The first-order valence-electron chi connectivity index (χ1n) is 11.5. The summed E-state index contributed by atoms with van der Waals surface area (Å²) in [7, 11) is 0. The van der Waals surface area contributed by atoms with Crippen molar-refractivity contribution < 1.29 is 30.0 Å². The number of nitrogens with zero attached hydrogens (tertiary/aromatic N) is 3. The van der Waals surface area contributed by atoms with Crippen LogP contribution in [0.2, 0.25) is 0 Å². The van der Waals surface area contributed by atoms with Crippen molar-refractivity contribution in [3.8, 4) is 0 Å². The molecular weight excluding hydrogens is 462 g/mol. The molecule has 36 heavy (non-hydrogen) atoms. The van der Waals surface area contributed by atoms with Gasteiger partial charge in [-0.2, -0.15) is 0 Å². The molecule has 9 nitrogen and oxygen atoms in total. The topological polar surface area (TPSA) is 126 Å². The van der Waals surface area contributed by atoms with Gasteiger partial charge in [-0.15, -0.1) is 0 Å². The molecule has 188 valence electrons. The molecule has 9 heteroatoms. The molecule has 0 atom stereocenters. The van der Waals surface area contributed by atoms with E-state index in [0.29, 0.717) is 11.4 Å². The summed E-state index contributed by atoms with van der Waals surface area (Å²) >= 11 is 0. The van der Waals surface area contributed by atoms with E-state index in [1.807, 2.05) is 19.9 Å². The summed E-state index contributed by atoms with van der Waals surface area (Å²) in [5.74, 6) is -1.09. The third-order valence-electron chi connectivity index (χ3n) is 6.26. The maximum absolute atomic E-state index is 13.6. The van der Waals surface area contributed by atoms with Gasteiger partial charge in [0.05, 0.1) is 11.4 Å². The quantitative estimate of drug-likeness (QED) is 0.239. The fourth-order valence-corrected chi connectivity index (χ4v) is 4.56. The Labute approximate surface area is 208 Å². The number of carbonyl (C=O) groups excluding carboxylic acids is 2. The number of amides is 2. The van der Waals surface area contributed by atoms with Gasteiger partial charge in [0.15, 0.2) is 12.6 Å². The van der Waals surface area contributed by atoms with Crippen molar-refractivity contribution in [3.63, 3.8) is 0 Å². The highest BCUT2D eigenvalue weighted by molar-refractivity contribution is 6.38. The summed E-state index contributed by atoms with van der Waals surface area (Å²) in [6.07, 6.45) is -1.75. The number of anilines is 2. The lowest BCUT2D eigenvalue weighted by Crippen LogP contribution is -2.41. The second-order valence-corrected chi connectivity index (χ2v) is 9.01. The molecule has 1 aliphatic rings. The fourth-order valence-electron chi connectivity index (χ4n) is 4.56. The Hall–Kier alpha value is -3.76. The lowest BCUT2D eigenvalue weighted by atomic mass is 10.1. The minimum absolute atomic E-state index is 0.0310. The van der Waals surface area contributed by atoms with Crippen LogP contribution in [0.5, 0.6) is 0 Å². The lowest BCUT2D eigenvalue weighted by Gasteiger charge is -2.27. The van der Waals surface area contributed by atoms with Crippen LogP contribution >= 0.6 is 0 Å².